The lowest BCUT2D eigenvalue weighted by atomic mass is 10.2. The van der Waals surface area contributed by atoms with Gasteiger partial charge in [0, 0.05) is 0 Å². The van der Waals surface area contributed by atoms with Crippen LogP contribution in [0.15, 0.2) is 82.7 Å². The van der Waals surface area contributed by atoms with Crippen molar-refractivity contribution in [1.82, 2.24) is 19.2 Å². The lowest BCUT2D eigenvalue weighted by Gasteiger charge is -2.14. The maximum atomic E-state index is 13.5. The van der Waals surface area contributed by atoms with Crippen LogP contribution in [0.2, 0.25) is 0 Å². The van der Waals surface area contributed by atoms with Gasteiger partial charge in [-0.3, -0.25) is 14.0 Å². The molecule has 172 valence electrons. The summed E-state index contributed by atoms with van der Waals surface area (Å²) < 4.78 is 3.36. The van der Waals surface area contributed by atoms with Gasteiger partial charge < -0.3 is 5.32 Å². The highest BCUT2D eigenvalue weighted by Gasteiger charge is 2.23. The fraction of sp³-hybridized carbons (Fsp3) is 0.115. The van der Waals surface area contributed by atoms with Gasteiger partial charge in [0.1, 0.15) is 6.07 Å². The van der Waals surface area contributed by atoms with Crippen molar-refractivity contribution in [2.75, 3.05) is 5.32 Å². The number of nitrogens with zero attached hydrogens (tertiary/aromatic N) is 5. The van der Waals surface area contributed by atoms with Gasteiger partial charge in [-0.15, -0.1) is 10.2 Å². The van der Waals surface area contributed by atoms with Crippen LogP contribution in [0.3, 0.4) is 0 Å². The maximum Gasteiger partial charge on any atom is 0.267 e. The topological polar surface area (TPSA) is 105 Å². The largest absolute Gasteiger partial charge is 0.324 e. The van der Waals surface area contributed by atoms with E-state index in [4.69, 9.17) is 0 Å². The Morgan fingerprint density at radius 3 is 2.54 bits per heavy atom. The van der Waals surface area contributed by atoms with Gasteiger partial charge in [0.15, 0.2) is 5.16 Å². The molecule has 1 unspecified atom stereocenters. The summed E-state index contributed by atoms with van der Waals surface area (Å²) in [5.74, 6) is 0.0962. The number of amides is 1. The van der Waals surface area contributed by atoms with Crippen LogP contribution in [0.1, 0.15) is 18.1 Å². The van der Waals surface area contributed by atoms with Gasteiger partial charge in [0.2, 0.25) is 11.7 Å². The Morgan fingerprint density at radius 1 is 1.03 bits per heavy atom. The van der Waals surface area contributed by atoms with E-state index in [1.165, 1.54) is 11.8 Å². The summed E-state index contributed by atoms with van der Waals surface area (Å²) >= 11 is 1.23. The van der Waals surface area contributed by atoms with Crippen molar-refractivity contribution in [3.05, 3.63) is 94.3 Å². The monoisotopic (exact) mass is 480 g/mol. The van der Waals surface area contributed by atoms with Gasteiger partial charge in [-0.2, -0.15) is 5.26 Å². The summed E-state index contributed by atoms with van der Waals surface area (Å²) in [7, 11) is 0. The highest BCUT2D eigenvalue weighted by atomic mass is 32.2. The summed E-state index contributed by atoms with van der Waals surface area (Å²) in [6, 6.07) is 23.8. The molecule has 8 nitrogen and oxygen atoms in total. The molecule has 3 aromatic carbocycles. The van der Waals surface area contributed by atoms with E-state index in [2.05, 4.69) is 21.6 Å². The second-order valence-electron chi connectivity index (χ2n) is 7.97. The zero-order valence-electron chi connectivity index (χ0n) is 19.0. The van der Waals surface area contributed by atoms with Crippen LogP contribution < -0.4 is 10.9 Å². The third kappa shape index (κ3) is 3.94. The highest BCUT2D eigenvalue weighted by molar-refractivity contribution is 8.00. The molecule has 0 bridgehead atoms. The summed E-state index contributed by atoms with van der Waals surface area (Å²) in [5, 5.41) is 21.3. The molecule has 1 amide bonds. The number of aromatic nitrogens is 4. The first-order valence-electron chi connectivity index (χ1n) is 10.9. The minimum atomic E-state index is -0.549. The zero-order valence-corrected chi connectivity index (χ0v) is 19.8. The van der Waals surface area contributed by atoms with Crippen molar-refractivity contribution in [1.29, 1.82) is 5.26 Å². The maximum absolute atomic E-state index is 13.5. The average Bonchev–Trinajstić information content (AvgIpc) is 3.28. The number of nitriles is 1. The first-order chi connectivity index (χ1) is 17.0. The van der Waals surface area contributed by atoms with Crippen LogP contribution in [0.25, 0.3) is 22.4 Å². The summed E-state index contributed by atoms with van der Waals surface area (Å²) in [6.07, 6.45) is 0. The number of para-hydroxylation sites is 3. The first kappa shape index (κ1) is 22.4. The predicted octanol–water partition coefficient (Wildman–Crippen LogP) is 4.33. The molecule has 0 aliphatic carbocycles. The minimum absolute atomic E-state index is 0.190. The van der Waals surface area contributed by atoms with Crippen molar-refractivity contribution in [3.63, 3.8) is 0 Å². The molecule has 5 rings (SSSR count). The second-order valence-corrected chi connectivity index (χ2v) is 9.28. The van der Waals surface area contributed by atoms with E-state index in [9.17, 15) is 14.9 Å². The van der Waals surface area contributed by atoms with E-state index in [1.807, 2.05) is 49.4 Å². The molecule has 0 saturated carbocycles. The molecular weight excluding hydrogens is 460 g/mol. The molecule has 1 atom stereocenters. The van der Waals surface area contributed by atoms with Crippen molar-refractivity contribution in [3.8, 4) is 11.8 Å². The lowest BCUT2D eigenvalue weighted by Crippen LogP contribution is -2.24. The minimum Gasteiger partial charge on any atom is -0.324 e. The molecule has 0 radical (unpaired) electrons. The van der Waals surface area contributed by atoms with Crippen LogP contribution in [-0.2, 0) is 4.79 Å². The van der Waals surface area contributed by atoms with Crippen molar-refractivity contribution in [2.45, 2.75) is 24.3 Å². The van der Waals surface area contributed by atoms with Crippen molar-refractivity contribution >= 4 is 40.0 Å². The van der Waals surface area contributed by atoms with Gasteiger partial charge in [-0.25, -0.2) is 4.57 Å². The standard InChI is InChI=1S/C26H20N6O2S/c1-16-9-3-7-13-21(16)31-24(34)19-11-5-8-14-22(19)32-25(31)29-30-26(32)35-17(2)23(33)28-20-12-6-4-10-18(20)15-27/h3-14,17H,1-2H3,(H,28,33). The molecule has 2 heterocycles. The molecule has 0 aliphatic heterocycles. The third-order valence-corrected chi connectivity index (χ3v) is 6.75. The van der Waals surface area contributed by atoms with Gasteiger partial charge in [0.25, 0.3) is 5.56 Å². The Morgan fingerprint density at radius 2 is 1.74 bits per heavy atom. The Bertz CT molecular complexity index is 1700. The Kier molecular flexibility index (Phi) is 5.81. The summed E-state index contributed by atoms with van der Waals surface area (Å²) in [4.78, 5) is 26.4. The fourth-order valence-electron chi connectivity index (χ4n) is 3.92. The van der Waals surface area contributed by atoms with Crippen molar-refractivity contribution in [2.24, 2.45) is 0 Å². The Balaban J connectivity index is 1.60. The van der Waals surface area contributed by atoms with Gasteiger partial charge in [-0.1, -0.05) is 54.2 Å². The van der Waals surface area contributed by atoms with Gasteiger partial charge >= 0.3 is 0 Å². The number of thioether (sulfide) groups is 1. The SMILES string of the molecule is Cc1ccccc1-n1c(=O)c2ccccc2n2c(SC(C)C(=O)Nc3ccccc3C#N)nnc12. The molecular formula is C26H20N6O2S. The van der Waals surface area contributed by atoms with Crippen LogP contribution in [-0.4, -0.2) is 30.3 Å². The van der Waals surface area contributed by atoms with Crippen LogP contribution in [0.5, 0.6) is 0 Å². The Hall–Kier alpha value is -4.42. The fourth-order valence-corrected chi connectivity index (χ4v) is 4.78. The molecule has 0 aliphatic rings. The average molecular weight is 481 g/mol. The number of benzene rings is 3. The molecule has 5 aromatic rings. The Labute approximate surface area is 204 Å². The number of anilines is 1. The zero-order chi connectivity index (χ0) is 24.5. The number of nitrogens with one attached hydrogen (secondary N) is 1. The second kappa shape index (κ2) is 9.08. The van der Waals surface area contributed by atoms with E-state index < -0.39 is 5.25 Å². The van der Waals surface area contributed by atoms with E-state index in [0.717, 1.165) is 11.3 Å². The summed E-state index contributed by atoms with van der Waals surface area (Å²) in [6.45, 7) is 3.70. The van der Waals surface area contributed by atoms with Crippen LogP contribution in [0, 0.1) is 18.3 Å². The number of carbonyl (C=O) groups excluding carboxylic acids is 1. The number of rotatable bonds is 5. The number of aryl methyl sites for hydroxylation is 1. The van der Waals surface area contributed by atoms with Crippen molar-refractivity contribution < 1.29 is 4.79 Å². The smallest absolute Gasteiger partial charge is 0.267 e. The summed E-state index contributed by atoms with van der Waals surface area (Å²) in [5.41, 5.74) is 2.96. The quantitative estimate of drug-likeness (QED) is 0.375. The predicted molar refractivity (Wildman–Crippen MR) is 136 cm³/mol. The number of hydrogen-bond acceptors (Lipinski definition) is 6. The van der Waals surface area contributed by atoms with E-state index in [0.29, 0.717) is 33.1 Å². The van der Waals surface area contributed by atoms with E-state index >= 15 is 0 Å². The van der Waals surface area contributed by atoms with Gasteiger partial charge in [0.05, 0.1) is 33.1 Å². The van der Waals surface area contributed by atoms with Crippen LogP contribution in [0.4, 0.5) is 5.69 Å². The molecule has 35 heavy (non-hydrogen) atoms. The van der Waals surface area contributed by atoms with E-state index in [-0.39, 0.29) is 11.5 Å². The molecule has 9 heteroatoms. The molecule has 2 aromatic heterocycles. The molecule has 0 spiro atoms. The lowest BCUT2D eigenvalue weighted by molar-refractivity contribution is -0.115. The first-order valence-corrected chi connectivity index (χ1v) is 11.8. The number of hydrogen-bond donors (Lipinski definition) is 1. The highest BCUT2D eigenvalue weighted by Crippen LogP contribution is 2.27. The normalized spacial score (nSPS) is 11.9. The number of carbonyl (C=O) groups is 1. The number of fused-ring (bicyclic) bond motifs is 3. The van der Waals surface area contributed by atoms with E-state index in [1.54, 1.807) is 46.2 Å². The molecule has 0 fully saturated rings. The van der Waals surface area contributed by atoms with Crippen LogP contribution >= 0.6 is 11.8 Å². The third-order valence-electron chi connectivity index (χ3n) is 5.71. The van der Waals surface area contributed by atoms with Gasteiger partial charge in [-0.05, 0) is 49.7 Å². The molecule has 1 N–H and O–H groups in total. The molecule has 0 saturated heterocycles.